The Morgan fingerprint density at radius 1 is 1.12 bits per heavy atom. The molecule has 0 unspecified atom stereocenters. The lowest BCUT2D eigenvalue weighted by Crippen LogP contribution is -2.62. The lowest BCUT2D eigenvalue weighted by atomic mass is 9.45. The van der Waals surface area contributed by atoms with Crippen molar-refractivity contribution in [3.8, 4) is 16.9 Å². The zero-order chi connectivity index (χ0) is 38.2. The molecule has 52 heavy (non-hydrogen) atoms. The van der Waals surface area contributed by atoms with Crippen LogP contribution in [0.5, 0.6) is 5.75 Å². The van der Waals surface area contributed by atoms with Gasteiger partial charge in [-0.2, -0.15) is 5.06 Å². The van der Waals surface area contributed by atoms with Crippen LogP contribution in [0.25, 0.3) is 11.1 Å². The summed E-state index contributed by atoms with van der Waals surface area (Å²) in [6.45, 7) is 13.8. The molecule has 0 aromatic heterocycles. The Hall–Kier alpha value is -3.51. The van der Waals surface area contributed by atoms with Gasteiger partial charge < -0.3 is 30.5 Å². The van der Waals surface area contributed by atoms with E-state index in [-0.39, 0.29) is 48.1 Å². The third-order valence-corrected chi connectivity index (χ3v) is 12.2. The molecule has 6 rings (SSSR count). The summed E-state index contributed by atoms with van der Waals surface area (Å²) in [5, 5.41) is 29.1. The minimum absolute atomic E-state index is 0.0262. The molecule has 2 aromatic rings. The minimum atomic E-state index is -0.913. The first-order chi connectivity index (χ1) is 24.5. The van der Waals surface area contributed by atoms with Crippen molar-refractivity contribution in [3.05, 3.63) is 47.5 Å². The molecule has 2 amide bonds. The number of anilines is 1. The molecule has 3 aliphatic carbocycles. The van der Waals surface area contributed by atoms with Crippen LogP contribution in [-0.4, -0.2) is 91.0 Å². The molecule has 0 radical (unpaired) electrons. The normalized spacial score (nSPS) is 27.8. The minimum Gasteiger partial charge on any atom is -0.496 e. The molecule has 11 heteroatoms. The fourth-order valence-corrected chi connectivity index (χ4v) is 9.03. The predicted molar refractivity (Wildman–Crippen MR) is 202 cm³/mol. The molecular weight excluding hydrogens is 660 g/mol. The van der Waals surface area contributed by atoms with Gasteiger partial charge in [0, 0.05) is 48.4 Å². The Labute approximate surface area is 309 Å². The van der Waals surface area contributed by atoms with Gasteiger partial charge >= 0.3 is 0 Å². The van der Waals surface area contributed by atoms with Crippen LogP contribution in [-0.2, 0) is 21.0 Å². The lowest BCUT2D eigenvalue weighted by molar-refractivity contribution is -0.183. The number of Topliss-reactive ketones (excluding diaryl/α,β-unsaturated/α-hetero) is 1. The second-order valence-corrected chi connectivity index (χ2v) is 16.7. The molecule has 11 nitrogen and oxygen atoms in total. The number of nitrogens with zero attached hydrogens (tertiary/aromatic N) is 2. The molecule has 4 aliphatic rings. The van der Waals surface area contributed by atoms with Crippen molar-refractivity contribution in [2.24, 2.45) is 35.0 Å². The van der Waals surface area contributed by atoms with E-state index in [0.717, 1.165) is 28.8 Å². The molecule has 4 N–H and O–H groups in total. The van der Waals surface area contributed by atoms with Crippen molar-refractivity contribution >= 4 is 23.3 Å². The first kappa shape index (κ1) is 39.7. The number of hydroxylamine groups is 2. The highest BCUT2D eigenvalue weighted by Crippen LogP contribution is 2.61. The molecule has 1 saturated heterocycles. The number of benzene rings is 2. The summed E-state index contributed by atoms with van der Waals surface area (Å²) in [6, 6.07) is 9.85. The molecule has 2 bridgehead atoms. The van der Waals surface area contributed by atoms with Crippen LogP contribution in [0.4, 0.5) is 5.69 Å². The summed E-state index contributed by atoms with van der Waals surface area (Å²) in [5.74, 6) is 0.895. The molecule has 3 saturated carbocycles. The Morgan fingerprint density at radius 3 is 2.38 bits per heavy atom. The van der Waals surface area contributed by atoms with Crippen molar-refractivity contribution in [2.75, 3.05) is 32.7 Å². The summed E-state index contributed by atoms with van der Waals surface area (Å²) < 4.78 is 6.04. The zero-order valence-electron chi connectivity index (χ0n) is 32.6. The highest BCUT2D eigenvalue weighted by Gasteiger charge is 2.57. The van der Waals surface area contributed by atoms with E-state index in [1.54, 1.807) is 31.2 Å². The van der Waals surface area contributed by atoms with Crippen molar-refractivity contribution in [1.82, 2.24) is 15.7 Å². The van der Waals surface area contributed by atoms with Crippen LogP contribution in [0, 0.1) is 35.0 Å². The van der Waals surface area contributed by atoms with E-state index in [0.29, 0.717) is 35.5 Å². The SMILES string of the molecule is COc1c(CN2O[C@@H](CO)[C@@H]([C@H](C)O)[C@H]2C(=O)N[C@H]2C[C@H]3C[C@@H]([C@@H]2C)C3(C)C)cccc1-c1cc(C(=O)N[C@@H](CC(C)C)C(C)=O)cc(N(C)C)c1. The van der Waals surface area contributed by atoms with E-state index in [2.05, 4.69) is 31.4 Å². The highest BCUT2D eigenvalue weighted by atomic mass is 16.7. The topological polar surface area (TPSA) is 141 Å². The maximum absolute atomic E-state index is 14.2. The second kappa shape index (κ2) is 15.8. The first-order valence-corrected chi connectivity index (χ1v) is 18.8. The summed E-state index contributed by atoms with van der Waals surface area (Å²) in [6.07, 6.45) is 0.971. The van der Waals surface area contributed by atoms with Gasteiger partial charge in [-0.05, 0) is 86.0 Å². The Balaban J connectivity index is 1.46. The number of carbonyl (C=O) groups is 3. The van der Waals surface area contributed by atoms with Gasteiger partial charge in [-0.25, -0.2) is 0 Å². The molecule has 1 heterocycles. The van der Waals surface area contributed by atoms with Gasteiger partial charge in [0.25, 0.3) is 5.91 Å². The van der Waals surface area contributed by atoms with E-state index in [4.69, 9.17) is 9.57 Å². The second-order valence-electron chi connectivity index (χ2n) is 16.7. The maximum Gasteiger partial charge on any atom is 0.251 e. The Bertz CT molecular complexity index is 1620. The van der Waals surface area contributed by atoms with Crippen molar-refractivity contribution in [3.63, 3.8) is 0 Å². The number of fused-ring (bicyclic) bond motifs is 2. The fraction of sp³-hybridized carbons (Fsp3) is 0.634. The number of methoxy groups -OCH3 is 1. The number of hydrogen-bond acceptors (Lipinski definition) is 9. The van der Waals surface area contributed by atoms with Gasteiger partial charge in [0.2, 0.25) is 5.91 Å². The molecule has 1 aliphatic heterocycles. The molecule has 286 valence electrons. The van der Waals surface area contributed by atoms with Crippen molar-refractivity contribution in [1.29, 1.82) is 0 Å². The summed E-state index contributed by atoms with van der Waals surface area (Å²) in [4.78, 5) is 48.4. The summed E-state index contributed by atoms with van der Waals surface area (Å²) in [7, 11) is 5.38. The van der Waals surface area contributed by atoms with E-state index >= 15 is 0 Å². The predicted octanol–water partition coefficient (Wildman–Crippen LogP) is 4.82. The standard InChI is InChI=1S/C41H60N4O7/c1-22(2)14-34(24(4)47)43-39(49)28-15-27(16-30(17-28)44(8)9)31-13-11-12-26(38(31)51-10)20-45-37(36(25(5)48)35(21-46)52-45)40(50)42-33-19-29-18-32(23(33)3)41(29,6)7/h11-13,15-17,22-23,25,29,32-37,46,48H,14,18-21H2,1-10H3,(H,42,50)(H,43,49)/t23-,25-,29+,32-,33-,34-,35-,36+,37-/m0/s1. The number of ketones is 1. The van der Waals surface area contributed by atoms with Gasteiger partial charge in [-0.15, -0.1) is 0 Å². The lowest BCUT2D eigenvalue weighted by Gasteiger charge is -2.62. The number of ether oxygens (including phenoxy) is 1. The van der Waals surface area contributed by atoms with Gasteiger partial charge in [0.1, 0.15) is 17.9 Å². The number of aliphatic hydroxyl groups excluding tert-OH is 2. The van der Waals surface area contributed by atoms with Crippen LogP contribution in [0.2, 0.25) is 0 Å². The average Bonchev–Trinajstić information content (AvgIpc) is 3.46. The zero-order valence-corrected chi connectivity index (χ0v) is 32.6. The number of hydrogen-bond donors (Lipinski definition) is 4. The maximum atomic E-state index is 14.2. The van der Waals surface area contributed by atoms with Gasteiger partial charge in [-0.3, -0.25) is 19.2 Å². The smallest absolute Gasteiger partial charge is 0.251 e. The average molecular weight is 721 g/mol. The number of carbonyl (C=O) groups excluding carboxylic acids is 3. The summed E-state index contributed by atoms with van der Waals surface area (Å²) in [5.41, 5.74) is 3.67. The van der Waals surface area contributed by atoms with Crippen LogP contribution in [0.15, 0.2) is 36.4 Å². The number of aliphatic hydroxyl groups is 2. The third-order valence-electron chi connectivity index (χ3n) is 12.2. The van der Waals surface area contributed by atoms with Crippen molar-refractivity contribution < 1.29 is 34.2 Å². The Kier molecular flexibility index (Phi) is 12.1. The van der Waals surface area contributed by atoms with Gasteiger partial charge in [-0.1, -0.05) is 52.8 Å². The molecular formula is C41H60N4O7. The van der Waals surface area contributed by atoms with Gasteiger partial charge in [0.15, 0.2) is 5.78 Å². The van der Waals surface area contributed by atoms with Crippen LogP contribution in [0.3, 0.4) is 0 Å². The number of rotatable bonds is 14. The van der Waals surface area contributed by atoms with E-state index in [9.17, 15) is 24.6 Å². The van der Waals surface area contributed by atoms with E-state index in [1.165, 1.54) is 13.3 Å². The number of amides is 2. The van der Waals surface area contributed by atoms with Crippen LogP contribution >= 0.6 is 0 Å². The first-order valence-electron chi connectivity index (χ1n) is 18.8. The third kappa shape index (κ3) is 7.88. The number of nitrogens with one attached hydrogen (secondary N) is 2. The van der Waals surface area contributed by atoms with Crippen LogP contribution < -0.4 is 20.3 Å². The quantitative estimate of drug-likeness (QED) is 0.216. The summed E-state index contributed by atoms with van der Waals surface area (Å²) >= 11 is 0. The van der Waals surface area contributed by atoms with E-state index in [1.807, 2.05) is 57.1 Å². The number of para-hydroxylation sites is 1. The molecule has 2 aromatic carbocycles. The highest BCUT2D eigenvalue weighted by molar-refractivity contribution is 5.99. The Morgan fingerprint density at radius 2 is 1.83 bits per heavy atom. The van der Waals surface area contributed by atoms with E-state index < -0.39 is 30.2 Å². The van der Waals surface area contributed by atoms with Gasteiger partial charge in [0.05, 0.1) is 32.4 Å². The molecule has 9 atom stereocenters. The van der Waals surface area contributed by atoms with Crippen LogP contribution in [0.1, 0.15) is 83.7 Å². The fourth-order valence-electron chi connectivity index (χ4n) is 9.03. The molecule has 0 spiro atoms. The van der Waals surface area contributed by atoms with Crippen molar-refractivity contribution in [2.45, 2.75) is 105 Å². The largest absolute Gasteiger partial charge is 0.496 e. The molecule has 4 fully saturated rings. The monoisotopic (exact) mass is 720 g/mol.